The van der Waals surface area contributed by atoms with E-state index in [1.165, 1.54) is 77.9 Å². The second-order valence-corrected chi connectivity index (χ2v) is 18.3. The Balaban J connectivity index is 1.09. The number of nitrogens with zero attached hydrogens (tertiary/aromatic N) is 1. The van der Waals surface area contributed by atoms with Gasteiger partial charge in [-0.1, -0.05) is 255 Å². The number of hydrogen-bond acceptors (Lipinski definition) is 1. The molecule has 0 fully saturated rings. The van der Waals surface area contributed by atoms with Gasteiger partial charge in [-0.25, -0.2) is 0 Å². The molecule has 0 heterocycles. The molecule has 324 valence electrons. The van der Waals surface area contributed by atoms with Crippen LogP contribution < -0.4 is 4.90 Å². The number of fused-ring (bicyclic) bond motifs is 6. The van der Waals surface area contributed by atoms with Gasteiger partial charge in [-0.05, 0) is 114 Å². The average Bonchev–Trinajstić information content (AvgIpc) is 3.90. The zero-order valence-electron chi connectivity index (χ0n) is 38.1. The molecule has 0 amide bonds. The van der Waals surface area contributed by atoms with Crippen LogP contribution in [0.5, 0.6) is 0 Å². The van der Waals surface area contributed by atoms with E-state index in [1.807, 2.05) is 0 Å². The van der Waals surface area contributed by atoms with E-state index in [2.05, 4.69) is 290 Å². The average molecular weight is 878 g/mol. The lowest BCUT2D eigenvalue weighted by atomic mass is 9.67. The lowest BCUT2D eigenvalue weighted by Gasteiger charge is -2.36. The van der Waals surface area contributed by atoms with Gasteiger partial charge in [-0.3, -0.25) is 0 Å². The van der Waals surface area contributed by atoms with Crippen molar-refractivity contribution in [2.24, 2.45) is 0 Å². The van der Waals surface area contributed by atoms with Crippen molar-refractivity contribution in [2.45, 2.75) is 10.8 Å². The third-order valence-corrected chi connectivity index (χ3v) is 14.8. The standard InChI is InChI=1S/C68H47N/c1-6-22-48(23-7-1)49-38-40-50(41-39-49)57-32-18-21-37-66(57)69(55-42-44-60-58-33-16-19-35-62(58)67(64(60)46-55,51-24-8-2-9-25-51)52-26-10-3-11-27-52)56-43-45-61-59-34-17-20-36-63(59)68(65(61)47-56,53-28-12-4-13-29-53)54-30-14-5-15-31-54/h1-47H. The highest BCUT2D eigenvalue weighted by atomic mass is 15.1. The molecule has 11 aromatic carbocycles. The fraction of sp³-hybridized carbons (Fsp3) is 0.0294. The molecule has 0 saturated carbocycles. The largest absolute Gasteiger partial charge is 0.310 e. The summed E-state index contributed by atoms with van der Waals surface area (Å²) in [5.74, 6) is 0. The van der Waals surface area contributed by atoms with Crippen LogP contribution in [-0.4, -0.2) is 0 Å². The van der Waals surface area contributed by atoms with E-state index in [1.54, 1.807) is 0 Å². The Bertz CT molecular complexity index is 3380. The summed E-state index contributed by atoms with van der Waals surface area (Å²) in [5.41, 5.74) is 22.0. The maximum absolute atomic E-state index is 2.52. The number of para-hydroxylation sites is 1. The molecule has 11 aromatic rings. The molecule has 0 aliphatic heterocycles. The number of benzene rings is 11. The SMILES string of the molecule is c1ccc(-c2ccc(-c3ccccc3N(c3ccc4c(c3)C(c3ccccc3)(c3ccccc3)c3ccccc3-4)c3ccc4c(c3)C(c3ccccc3)(c3ccccc3)c3ccccc3-4)cc2)cc1. The first kappa shape index (κ1) is 40.5. The van der Waals surface area contributed by atoms with Crippen molar-refractivity contribution in [1.82, 2.24) is 0 Å². The lowest BCUT2D eigenvalue weighted by Crippen LogP contribution is -2.29. The van der Waals surface area contributed by atoms with Crippen LogP contribution in [0.15, 0.2) is 285 Å². The van der Waals surface area contributed by atoms with Gasteiger partial charge in [-0.15, -0.1) is 0 Å². The first-order valence-electron chi connectivity index (χ1n) is 24.0. The number of rotatable bonds is 9. The molecule has 0 aromatic heterocycles. The Labute approximate surface area is 404 Å². The van der Waals surface area contributed by atoms with Gasteiger partial charge in [0, 0.05) is 16.9 Å². The number of hydrogen-bond donors (Lipinski definition) is 0. The molecule has 0 atom stereocenters. The minimum atomic E-state index is -0.557. The zero-order valence-corrected chi connectivity index (χ0v) is 38.1. The van der Waals surface area contributed by atoms with Crippen LogP contribution in [0.1, 0.15) is 44.5 Å². The zero-order chi connectivity index (χ0) is 45.8. The molecule has 0 unspecified atom stereocenters. The summed E-state index contributed by atoms with van der Waals surface area (Å²) in [6, 6.07) is 106. The van der Waals surface area contributed by atoms with Crippen molar-refractivity contribution in [1.29, 1.82) is 0 Å². The molecule has 1 heteroatoms. The maximum Gasteiger partial charge on any atom is 0.0714 e. The highest BCUT2D eigenvalue weighted by molar-refractivity contribution is 5.95. The Kier molecular flexibility index (Phi) is 9.70. The van der Waals surface area contributed by atoms with Crippen LogP contribution in [0.3, 0.4) is 0 Å². The monoisotopic (exact) mass is 877 g/mol. The van der Waals surface area contributed by atoms with Gasteiger partial charge in [0.2, 0.25) is 0 Å². The van der Waals surface area contributed by atoms with Gasteiger partial charge in [0.25, 0.3) is 0 Å². The summed E-state index contributed by atoms with van der Waals surface area (Å²) in [6.45, 7) is 0. The minimum absolute atomic E-state index is 0.557. The van der Waals surface area contributed by atoms with Crippen molar-refractivity contribution in [3.8, 4) is 44.5 Å². The first-order chi connectivity index (χ1) is 34.2. The molecule has 2 aliphatic carbocycles. The van der Waals surface area contributed by atoms with E-state index < -0.39 is 10.8 Å². The summed E-state index contributed by atoms with van der Waals surface area (Å²) in [6.07, 6.45) is 0. The highest BCUT2D eigenvalue weighted by Crippen LogP contribution is 2.60. The Hall–Kier alpha value is -8.78. The quantitative estimate of drug-likeness (QED) is 0.140. The van der Waals surface area contributed by atoms with E-state index in [0.717, 1.165) is 28.2 Å². The molecular formula is C68H47N. The summed E-state index contributed by atoms with van der Waals surface area (Å²) < 4.78 is 0. The van der Waals surface area contributed by atoms with Crippen LogP contribution in [0, 0.1) is 0 Å². The van der Waals surface area contributed by atoms with E-state index >= 15 is 0 Å². The van der Waals surface area contributed by atoms with Crippen LogP contribution in [0.4, 0.5) is 17.1 Å². The molecule has 0 saturated heterocycles. The summed E-state index contributed by atoms with van der Waals surface area (Å²) in [4.78, 5) is 2.52. The van der Waals surface area contributed by atoms with Gasteiger partial charge in [0.05, 0.1) is 16.5 Å². The van der Waals surface area contributed by atoms with Crippen LogP contribution in [-0.2, 0) is 10.8 Å². The molecule has 0 spiro atoms. The molecule has 1 nitrogen and oxygen atoms in total. The van der Waals surface area contributed by atoms with Crippen molar-refractivity contribution < 1.29 is 0 Å². The molecule has 0 radical (unpaired) electrons. The van der Waals surface area contributed by atoms with Gasteiger partial charge in [-0.2, -0.15) is 0 Å². The molecule has 69 heavy (non-hydrogen) atoms. The van der Waals surface area contributed by atoms with Crippen molar-refractivity contribution in [3.05, 3.63) is 330 Å². The smallest absolute Gasteiger partial charge is 0.0714 e. The van der Waals surface area contributed by atoms with Crippen molar-refractivity contribution in [2.75, 3.05) is 4.90 Å². The fourth-order valence-corrected chi connectivity index (χ4v) is 12.0. The van der Waals surface area contributed by atoms with Crippen LogP contribution in [0.2, 0.25) is 0 Å². The van der Waals surface area contributed by atoms with Gasteiger partial charge in [0.15, 0.2) is 0 Å². The lowest BCUT2D eigenvalue weighted by molar-refractivity contribution is 0.767. The second kappa shape index (κ2) is 16.5. The van der Waals surface area contributed by atoms with Crippen molar-refractivity contribution >= 4 is 17.1 Å². The third-order valence-electron chi connectivity index (χ3n) is 14.8. The van der Waals surface area contributed by atoms with E-state index in [9.17, 15) is 0 Å². The Morgan fingerprint density at radius 1 is 0.217 bits per heavy atom. The normalized spacial score (nSPS) is 13.4. The minimum Gasteiger partial charge on any atom is -0.310 e. The first-order valence-corrected chi connectivity index (χ1v) is 24.0. The van der Waals surface area contributed by atoms with E-state index in [4.69, 9.17) is 0 Å². The molecule has 13 rings (SSSR count). The van der Waals surface area contributed by atoms with Gasteiger partial charge < -0.3 is 4.90 Å². The summed E-state index contributed by atoms with van der Waals surface area (Å²) >= 11 is 0. The number of anilines is 3. The predicted molar refractivity (Wildman–Crippen MR) is 287 cm³/mol. The van der Waals surface area contributed by atoms with Gasteiger partial charge >= 0.3 is 0 Å². The van der Waals surface area contributed by atoms with Crippen LogP contribution >= 0.6 is 0 Å². The third kappa shape index (κ3) is 6.24. The second-order valence-electron chi connectivity index (χ2n) is 18.3. The summed E-state index contributed by atoms with van der Waals surface area (Å²) in [5, 5.41) is 0. The van der Waals surface area contributed by atoms with E-state index in [0.29, 0.717) is 0 Å². The van der Waals surface area contributed by atoms with Crippen LogP contribution in [0.25, 0.3) is 44.5 Å². The van der Waals surface area contributed by atoms with Crippen molar-refractivity contribution in [3.63, 3.8) is 0 Å². The highest BCUT2D eigenvalue weighted by Gasteiger charge is 2.48. The van der Waals surface area contributed by atoms with E-state index in [-0.39, 0.29) is 0 Å². The molecule has 0 N–H and O–H groups in total. The topological polar surface area (TPSA) is 3.24 Å². The Morgan fingerprint density at radius 2 is 0.536 bits per heavy atom. The predicted octanol–water partition coefficient (Wildman–Crippen LogP) is 17.2. The molecule has 0 bridgehead atoms. The molecular weight excluding hydrogens is 831 g/mol. The van der Waals surface area contributed by atoms with Gasteiger partial charge in [0.1, 0.15) is 0 Å². The Morgan fingerprint density at radius 3 is 0.971 bits per heavy atom. The maximum atomic E-state index is 2.52. The summed E-state index contributed by atoms with van der Waals surface area (Å²) in [7, 11) is 0. The molecule has 2 aliphatic rings. The fourth-order valence-electron chi connectivity index (χ4n) is 12.0.